The van der Waals surface area contributed by atoms with Crippen LogP contribution in [0, 0.1) is 6.92 Å². The molecule has 34 heavy (non-hydrogen) atoms. The van der Waals surface area contributed by atoms with E-state index >= 15 is 0 Å². The standard InChI is InChI=1S/C25H24N6O2S/c1-15-4-3-5-21(29-15)17-10-27-25(28-11-17)31-14-23(34(2)33)20-7-6-16(8-22(20)31)24(32)30-13-18-9-19(30)12-26-18/h3-8,10-11,14,18-19,26H,9,12-13H2,1-2H3. The van der Waals surface area contributed by atoms with Crippen LogP contribution in [-0.2, 0) is 11.2 Å². The number of aromatic nitrogens is 4. The third-order valence-corrected chi connectivity index (χ3v) is 7.63. The van der Waals surface area contributed by atoms with Gasteiger partial charge in [-0.05, 0) is 54.9 Å². The van der Waals surface area contributed by atoms with Crippen molar-refractivity contribution in [3.8, 4) is 17.2 Å². The molecule has 6 rings (SSSR count). The van der Waals surface area contributed by atoms with Crippen LogP contribution in [0.15, 0.2) is 59.9 Å². The molecule has 2 fully saturated rings. The van der Waals surface area contributed by atoms with E-state index in [1.54, 1.807) is 24.8 Å². The average molecular weight is 473 g/mol. The number of nitrogens with one attached hydrogen (secondary N) is 1. The summed E-state index contributed by atoms with van der Waals surface area (Å²) in [5, 5.41) is 4.26. The fourth-order valence-corrected chi connectivity index (χ4v) is 5.72. The van der Waals surface area contributed by atoms with Crippen molar-refractivity contribution >= 4 is 28.0 Å². The molecule has 1 aromatic carbocycles. The van der Waals surface area contributed by atoms with E-state index in [0.29, 0.717) is 22.4 Å². The van der Waals surface area contributed by atoms with E-state index in [9.17, 15) is 9.35 Å². The van der Waals surface area contributed by atoms with Gasteiger partial charge in [-0.25, -0.2) is 9.97 Å². The highest BCUT2D eigenvalue weighted by Gasteiger charge is 2.40. The molecule has 2 saturated heterocycles. The van der Waals surface area contributed by atoms with Crippen molar-refractivity contribution in [3.63, 3.8) is 0 Å². The van der Waals surface area contributed by atoms with E-state index in [0.717, 1.165) is 47.4 Å². The molecule has 4 aromatic rings. The number of carbonyl (C=O) groups excluding carboxylic acids is 1. The summed E-state index contributed by atoms with van der Waals surface area (Å²) in [6.45, 7) is 3.54. The first-order chi connectivity index (χ1) is 16.5. The number of likely N-dealkylation sites (tertiary alicyclic amines) is 1. The second kappa shape index (κ2) is 8.19. The van der Waals surface area contributed by atoms with Gasteiger partial charge in [0.25, 0.3) is 5.91 Å². The summed E-state index contributed by atoms with van der Waals surface area (Å²) >= 11 is -1.20. The molecular weight excluding hydrogens is 448 g/mol. The third-order valence-electron chi connectivity index (χ3n) is 6.68. The van der Waals surface area contributed by atoms with E-state index in [2.05, 4.69) is 20.3 Å². The van der Waals surface area contributed by atoms with Gasteiger partial charge in [-0.1, -0.05) is 6.07 Å². The Morgan fingerprint density at radius 1 is 1.21 bits per heavy atom. The largest absolute Gasteiger partial charge is 0.612 e. The Balaban J connectivity index is 1.40. The van der Waals surface area contributed by atoms with Crippen LogP contribution >= 0.6 is 0 Å². The first kappa shape index (κ1) is 21.3. The quantitative estimate of drug-likeness (QED) is 0.459. The van der Waals surface area contributed by atoms with Gasteiger partial charge in [0.15, 0.2) is 4.90 Å². The fourth-order valence-electron chi connectivity index (χ4n) is 4.98. The molecule has 8 nitrogen and oxygen atoms in total. The van der Waals surface area contributed by atoms with E-state index in [1.165, 1.54) is 0 Å². The van der Waals surface area contributed by atoms with Crippen LogP contribution in [0.2, 0.25) is 0 Å². The lowest BCUT2D eigenvalue weighted by Gasteiger charge is -2.27. The first-order valence-corrected chi connectivity index (χ1v) is 12.8. The van der Waals surface area contributed by atoms with Crippen molar-refractivity contribution < 1.29 is 9.35 Å². The predicted molar refractivity (Wildman–Crippen MR) is 130 cm³/mol. The maximum atomic E-state index is 13.3. The number of amides is 1. The van der Waals surface area contributed by atoms with Crippen LogP contribution in [0.25, 0.3) is 28.1 Å². The number of nitrogens with zero attached hydrogens (tertiary/aromatic N) is 5. The van der Waals surface area contributed by atoms with Crippen LogP contribution in [0.1, 0.15) is 22.5 Å². The van der Waals surface area contributed by atoms with Crippen molar-refractivity contribution in [1.82, 2.24) is 29.7 Å². The van der Waals surface area contributed by atoms with Crippen molar-refractivity contribution in [2.24, 2.45) is 0 Å². The molecule has 5 heterocycles. The number of benzene rings is 1. The molecule has 3 unspecified atom stereocenters. The number of rotatable bonds is 4. The number of piperazine rings is 1. The molecule has 9 heteroatoms. The second-order valence-corrected chi connectivity index (χ2v) is 10.3. The van der Waals surface area contributed by atoms with Crippen LogP contribution in [0.3, 0.4) is 0 Å². The minimum atomic E-state index is -1.20. The molecule has 2 aliphatic rings. The Bertz CT molecular complexity index is 1400. The number of hydrogen-bond acceptors (Lipinski definition) is 6. The lowest BCUT2D eigenvalue weighted by molar-refractivity contribution is 0.0716. The molecule has 3 atom stereocenters. The zero-order chi connectivity index (χ0) is 23.4. The van der Waals surface area contributed by atoms with Gasteiger partial charge in [0.2, 0.25) is 5.95 Å². The highest BCUT2D eigenvalue weighted by atomic mass is 32.2. The average Bonchev–Trinajstić information content (AvgIpc) is 3.58. The zero-order valence-electron chi connectivity index (χ0n) is 18.9. The Morgan fingerprint density at radius 2 is 2.03 bits per heavy atom. The topological polar surface area (TPSA) is 99.0 Å². The van der Waals surface area contributed by atoms with Crippen molar-refractivity contribution in [2.45, 2.75) is 30.3 Å². The summed E-state index contributed by atoms with van der Waals surface area (Å²) < 4.78 is 14.3. The lowest BCUT2D eigenvalue weighted by Crippen LogP contribution is -2.46. The highest BCUT2D eigenvalue weighted by molar-refractivity contribution is 7.91. The summed E-state index contributed by atoms with van der Waals surface area (Å²) in [5.41, 5.74) is 3.93. The maximum absolute atomic E-state index is 13.3. The van der Waals surface area contributed by atoms with E-state index in [-0.39, 0.29) is 11.9 Å². The van der Waals surface area contributed by atoms with Gasteiger partial charge in [0.1, 0.15) is 6.26 Å². The van der Waals surface area contributed by atoms with Gasteiger partial charge >= 0.3 is 0 Å². The van der Waals surface area contributed by atoms with Gasteiger partial charge in [-0.3, -0.25) is 14.3 Å². The van der Waals surface area contributed by atoms with Gasteiger partial charge in [0, 0.05) is 54.4 Å². The lowest BCUT2D eigenvalue weighted by atomic mass is 10.1. The minimum Gasteiger partial charge on any atom is -0.612 e. The third kappa shape index (κ3) is 3.56. The van der Waals surface area contributed by atoms with E-state index in [1.807, 2.05) is 52.8 Å². The van der Waals surface area contributed by atoms with E-state index in [4.69, 9.17) is 0 Å². The molecule has 2 bridgehead atoms. The SMILES string of the molecule is Cc1cccc(-c2cnc(-n3cc([S+](C)[O-])c4ccc(C(=O)N5CC6CC5CN6)cc43)nc2)n1. The Hall–Kier alpha value is -3.27. The maximum Gasteiger partial charge on any atom is 0.254 e. The summed E-state index contributed by atoms with van der Waals surface area (Å²) in [5.74, 6) is 0.483. The van der Waals surface area contributed by atoms with Gasteiger partial charge in [0.05, 0.1) is 22.8 Å². The molecule has 3 aromatic heterocycles. The van der Waals surface area contributed by atoms with E-state index < -0.39 is 11.2 Å². The number of hydrogen-bond donors (Lipinski definition) is 1. The van der Waals surface area contributed by atoms with Gasteiger partial charge in [-0.2, -0.15) is 0 Å². The Labute approximate surface area is 200 Å². The number of fused-ring (bicyclic) bond motifs is 3. The molecule has 0 radical (unpaired) electrons. The zero-order valence-corrected chi connectivity index (χ0v) is 19.7. The summed E-state index contributed by atoms with van der Waals surface area (Å²) in [7, 11) is 0. The summed E-state index contributed by atoms with van der Waals surface area (Å²) in [4.78, 5) is 29.6. The van der Waals surface area contributed by atoms with Gasteiger partial charge < -0.3 is 14.8 Å². The fraction of sp³-hybridized carbons (Fsp3) is 0.280. The Kier molecular flexibility index (Phi) is 5.13. The highest BCUT2D eigenvalue weighted by Crippen LogP contribution is 2.31. The number of aryl methyl sites for hydroxylation is 1. The second-order valence-electron chi connectivity index (χ2n) is 8.94. The number of carbonyl (C=O) groups is 1. The molecule has 0 aliphatic carbocycles. The first-order valence-electron chi connectivity index (χ1n) is 11.3. The van der Waals surface area contributed by atoms with Crippen LogP contribution in [-0.4, -0.2) is 66.3 Å². The van der Waals surface area contributed by atoms with Crippen molar-refractivity contribution in [3.05, 3.63) is 66.2 Å². The van der Waals surface area contributed by atoms with Crippen LogP contribution in [0.5, 0.6) is 0 Å². The number of pyridine rings is 1. The normalized spacial score (nSPS) is 20.3. The van der Waals surface area contributed by atoms with Crippen LogP contribution in [0.4, 0.5) is 0 Å². The molecule has 172 valence electrons. The molecule has 1 amide bonds. The smallest absolute Gasteiger partial charge is 0.254 e. The minimum absolute atomic E-state index is 0.0320. The molecule has 1 N–H and O–H groups in total. The molecule has 0 spiro atoms. The Morgan fingerprint density at radius 3 is 2.71 bits per heavy atom. The predicted octanol–water partition coefficient (Wildman–Crippen LogP) is 2.71. The molecule has 0 saturated carbocycles. The van der Waals surface area contributed by atoms with Crippen LogP contribution < -0.4 is 5.32 Å². The molecule has 2 aliphatic heterocycles. The monoisotopic (exact) mass is 472 g/mol. The van der Waals surface area contributed by atoms with Gasteiger partial charge in [-0.15, -0.1) is 0 Å². The summed E-state index contributed by atoms with van der Waals surface area (Å²) in [6.07, 6.45) is 7.94. The summed E-state index contributed by atoms with van der Waals surface area (Å²) in [6, 6.07) is 12.1. The molecular formula is C25H24N6O2S. The van der Waals surface area contributed by atoms with Crippen molar-refractivity contribution in [1.29, 1.82) is 0 Å². The van der Waals surface area contributed by atoms with Crippen molar-refractivity contribution in [2.75, 3.05) is 19.3 Å².